The molecule has 1 aromatic rings. The maximum atomic E-state index is 13.6. The zero-order chi connectivity index (χ0) is 20.1. The van der Waals surface area contributed by atoms with E-state index in [1.807, 2.05) is 0 Å². The second-order valence-corrected chi connectivity index (χ2v) is 7.32. The number of esters is 1. The SMILES string of the molecule is COC(=O)[C@@H](NC(=O)C[C@@H]1CCC(=O)N1Cc1cccc(F)c1Cl)C(C)C. The van der Waals surface area contributed by atoms with E-state index in [-0.39, 0.29) is 41.8 Å². The van der Waals surface area contributed by atoms with Crippen LogP contribution in [0.3, 0.4) is 0 Å². The van der Waals surface area contributed by atoms with Crippen molar-refractivity contribution in [2.45, 2.75) is 51.7 Å². The van der Waals surface area contributed by atoms with Crippen LogP contribution in [0.4, 0.5) is 4.39 Å². The molecular weight excluding hydrogens is 375 g/mol. The molecule has 0 saturated carbocycles. The fourth-order valence-corrected chi connectivity index (χ4v) is 3.33. The van der Waals surface area contributed by atoms with Gasteiger partial charge in [-0.1, -0.05) is 37.6 Å². The Morgan fingerprint density at radius 1 is 1.41 bits per heavy atom. The maximum absolute atomic E-state index is 13.6. The largest absolute Gasteiger partial charge is 0.467 e. The van der Waals surface area contributed by atoms with Gasteiger partial charge in [0.05, 0.1) is 12.1 Å². The van der Waals surface area contributed by atoms with Gasteiger partial charge < -0.3 is 15.0 Å². The summed E-state index contributed by atoms with van der Waals surface area (Å²) in [5, 5.41) is 2.65. The average Bonchev–Trinajstić information content (AvgIpc) is 2.95. The van der Waals surface area contributed by atoms with Crippen molar-refractivity contribution in [1.29, 1.82) is 0 Å². The standard InChI is InChI=1S/C19H24ClFN2O4/c1-11(2)18(19(26)27-3)22-15(24)9-13-7-8-16(25)23(13)10-12-5-4-6-14(21)17(12)20/h4-6,11,13,18H,7-10H2,1-3H3,(H,22,24)/t13-,18-/m0/s1. The van der Waals surface area contributed by atoms with Gasteiger partial charge in [-0.25, -0.2) is 9.18 Å². The number of halogens is 2. The first-order valence-corrected chi connectivity index (χ1v) is 9.22. The molecule has 1 fully saturated rings. The maximum Gasteiger partial charge on any atom is 0.328 e. The fraction of sp³-hybridized carbons (Fsp3) is 0.526. The van der Waals surface area contributed by atoms with Crippen molar-refractivity contribution >= 4 is 29.4 Å². The highest BCUT2D eigenvalue weighted by molar-refractivity contribution is 6.31. The van der Waals surface area contributed by atoms with Gasteiger partial charge in [-0.3, -0.25) is 9.59 Å². The lowest BCUT2D eigenvalue weighted by atomic mass is 10.0. The van der Waals surface area contributed by atoms with E-state index in [2.05, 4.69) is 5.32 Å². The lowest BCUT2D eigenvalue weighted by Crippen LogP contribution is -2.47. The van der Waals surface area contributed by atoms with Crippen LogP contribution in [-0.4, -0.2) is 41.9 Å². The second-order valence-electron chi connectivity index (χ2n) is 6.94. The van der Waals surface area contributed by atoms with Crippen molar-refractivity contribution < 1.29 is 23.5 Å². The zero-order valence-electron chi connectivity index (χ0n) is 15.6. The van der Waals surface area contributed by atoms with Crippen molar-refractivity contribution in [1.82, 2.24) is 10.2 Å². The van der Waals surface area contributed by atoms with Gasteiger partial charge in [0.15, 0.2) is 0 Å². The summed E-state index contributed by atoms with van der Waals surface area (Å²) in [5.74, 6) is -1.64. The van der Waals surface area contributed by atoms with Crippen LogP contribution in [0.5, 0.6) is 0 Å². The van der Waals surface area contributed by atoms with Gasteiger partial charge in [-0.05, 0) is 24.0 Å². The molecule has 1 N–H and O–H groups in total. The molecule has 148 valence electrons. The average molecular weight is 399 g/mol. The molecule has 0 bridgehead atoms. The van der Waals surface area contributed by atoms with Gasteiger partial charge in [0.25, 0.3) is 0 Å². The van der Waals surface area contributed by atoms with Crippen LogP contribution in [0.2, 0.25) is 5.02 Å². The number of nitrogens with zero attached hydrogens (tertiary/aromatic N) is 1. The topological polar surface area (TPSA) is 75.7 Å². The van der Waals surface area contributed by atoms with Gasteiger partial charge in [0, 0.05) is 25.4 Å². The molecule has 2 atom stereocenters. The van der Waals surface area contributed by atoms with Crippen LogP contribution >= 0.6 is 11.6 Å². The summed E-state index contributed by atoms with van der Waals surface area (Å²) in [4.78, 5) is 38.0. The van der Waals surface area contributed by atoms with Gasteiger partial charge in [0.2, 0.25) is 11.8 Å². The van der Waals surface area contributed by atoms with E-state index >= 15 is 0 Å². The van der Waals surface area contributed by atoms with Gasteiger partial charge in [0.1, 0.15) is 11.9 Å². The van der Waals surface area contributed by atoms with E-state index in [1.54, 1.807) is 24.8 Å². The Labute approximate surface area is 163 Å². The van der Waals surface area contributed by atoms with Gasteiger partial charge in [-0.2, -0.15) is 0 Å². The normalized spacial score (nSPS) is 17.9. The van der Waals surface area contributed by atoms with E-state index in [1.165, 1.54) is 19.2 Å². The highest BCUT2D eigenvalue weighted by Gasteiger charge is 2.34. The molecule has 6 nitrogen and oxygen atoms in total. The zero-order valence-corrected chi connectivity index (χ0v) is 16.4. The first-order chi connectivity index (χ1) is 12.7. The third-order valence-corrected chi connectivity index (χ3v) is 5.11. The van der Waals surface area contributed by atoms with Gasteiger partial charge in [-0.15, -0.1) is 0 Å². The Bertz CT molecular complexity index is 726. The smallest absolute Gasteiger partial charge is 0.328 e. The molecule has 2 amide bonds. The first kappa shape index (κ1) is 21.2. The number of carbonyl (C=O) groups excluding carboxylic acids is 3. The van der Waals surface area contributed by atoms with Crippen LogP contribution < -0.4 is 5.32 Å². The summed E-state index contributed by atoms with van der Waals surface area (Å²) < 4.78 is 18.4. The van der Waals surface area contributed by atoms with Crippen LogP contribution in [0, 0.1) is 11.7 Å². The molecule has 1 aliphatic rings. The molecule has 1 heterocycles. The number of carbonyl (C=O) groups is 3. The minimum absolute atomic E-state index is 0.0223. The Hall–Kier alpha value is -2.15. The van der Waals surface area contributed by atoms with Crippen molar-refractivity contribution in [2.75, 3.05) is 7.11 Å². The molecule has 1 aliphatic heterocycles. The lowest BCUT2D eigenvalue weighted by molar-refractivity contribution is -0.146. The fourth-order valence-electron chi connectivity index (χ4n) is 3.15. The molecule has 1 saturated heterocycles. The molecule has 0 radical (unpaired) electrons. The summed E-state index contributed by atoms with van der Waals surface area (Å²) in [7, 11) is 1.27. The highest BCUT2D eigenvalue weighted by atomic mass is 35.5. The summed E-state index contributed by atoms with van der Waals surface area (Å²) in [6, 6.07) is 3.36. The Morgan fingerprint density at radius 2 is 2.11 bits per heavy atom. The predicted octanol–water partition coefficient (Wildman–Crippen LogP) is 2.67. The summed E-state index contributed by atoms with van der Waals surface area (Å²) >= 11 is 5.98. The molecule has 1 aromatic carbocycles. The molecule has 0 unspecified atom stereocenters. The number of rotatable bonds is 7. The van der Waals surface area contributed by atoms with Crippen molar-refractivity contribution in [2.24, 2.45) is 5.92 Å². The number of amides is 2. The van der Waals surface area contributed by atoms with Crippen LogP contribution in [0.1, 0.15) is 38.7 Å². The number of hydrogen-bond donors (Lipinski definition) is 1. The minimum atomic E-state index is -0.745. The summed E-state index contributed by atoms with van der Waals surface area (Å²) in [6.45, 7) is 3.75. The molecule has 2 rings (SSSR count). The van der Waals surface area contributed by atoms with Crippen molar-refractivity contribution in [3.8, 4) is 0 Å². The second kappa shape index (κ2) is 9.17. The first-order valence-electron chi connectivity index (χ1n) is 8.84. The quantitative estimate of drug-likeness (QED) is 0.716. The van der Waals surface area contributed by atoms with E-state index in [9.17, 15) is 18.8 Å². The third-order valence-electron chi connectivity index (χ3n) is 4.68. The number of ether oxygens (including phenoxy) is 1. The number of benzene rings is 1. The Balaban J connectivity index is 2.06. The summed E-state index contributed by atoms with van der Waals surface area (Å²) in [5.41, 5.74) is 0.493. The summed E-state index contributed by atoms with van der Waals surface area (Å²) in [6.07, 6.45) is 0.887. The monoisotopic (exact) mass is 398 g/mol. The van der Waals surface area contributed by atoms with E-state index < -0.39 is 17.8 Å². The predicted molar refractivity (Wildman–Crippen MR) is 98.4 cm³/mol. The van der Waals surface area contributed by atoms with Crippen LogP contribution in [0.25, 0.3) is 0 Å². The number of likely N-dealkylation sites (tertiary alicyclic amines) is 1. The number of nitrogens with one attached hydrogen (secondary N) is 1. The minimum Gasteiger partial charge on any atom is -0.467 e. The van der Waals surface area contributed by atoms with E-state index in [4.69, 9.17) is 16.3 Å². The molecule has 27 heavy (non-hydrogen) atoms. The molecule has 0 aromatic heterocycles. The van der Waals surface area contributed by atoms with Crippen molar-refractivity contribution in [3.05, 3.63) is 34.6 Å². The Kier molecular flexibility index (Phi) is 7.18. The highest BCUT2D eigenvalue weighted by Crippen LogP contribution is 2.27. The number of hydrogen-bond acceptors (Lipinski definition) is 4. The van der Waals surface area contributed by atoms with E-state index in [0.29, 0.717) is 18.4 Å². The van der Waals surface area contributed by atoms with Crippen molar-refractivity contribution in [3.63, 3.8) is 0 Å². The molecule has 0 spiro atoms. The van der Waals surface area contributed by atoms with Crippen LogP contribution in [0.15, 0.2) is 18.2 Å². The molecular formula is C19H24ClFN2O4. The van der Waals surface area contributed by atoms with Crippen LogP contribution in [-0.2, 0) is 25.7 Å². The Morgan fingerprint density at radius 3 is 2.74 bits per heavy atom. The van der Waals surface area contributed by atoms with Gasteiger partial charge >= 0.3 is 5.97 Å². The van der Waals surface area contributed by atoms with E-state index in [0.717, 1.165) is 0 Å². The third kappa shape index (κ3) is 5.19. The lowest BCUT2D eigenvalue weighted by Gasteiger charge is -2.26. The molecule has 0 aliphatic carbocycles. The molecule has 8 heteroatoms. The number of methoxy groups -OCH3 is 1.